The van der Waals surface area contributed by atoms with Gasteiger partial charge in [0.15, 0.2) is 0 Å². The first-order valence-corrected chi connectivity index (χ1v) is 9.60. The Labute approximate surface area is 166 Å². The van der Waals surface area contributed by atoms with E-state index in [0.717, 1.165) is 22.4 Å². The van der Waals surface area contributed by atoms with Crippen molar-refractivity contribution in [3.63, 3.8) is 0 Å². The minimum atomic E-state index is -0.163. The second-order valence-corrected chi connectivity index (χ2v) is 7.66. The summed E-state index contributed by atoms with van der Waals surface area (Å²) in [5.41, 5.74) is 3.55. The summed E-state index contributed by atoms with van der Waals surface area (Å²) >= 11 is 13.5. The monoisotopic (exact) mass is 405 g/mol. The summed E-state index contributed by atoms with van der Waals surface area (Å²) in [4.78, 5) is 13.0. The molecule has 0 bridgehead atoms. The third-order valence-electron chi connectivity index (χ3n) is 3.84. The summed E-state index contributed by atoms with van der Waals surface area (Å²) in [5, 5.41) is 6.11. The van der Waals surface area contributed by atoms with E-state index in [1.54, 1.807) is 6.07 Å². The van der Waals surface area contributed by atoms with Crippen molar-refractivity contribution in [1.82, 2.24) is 0 Å². The highest BCUT2D eigenvalue weighted by atomic mass is 35.5. The molecule has 0 aliphatic carbocycles. The van der Waals surface area contributed by atoms with Crippen molar-refractivity contribution in [2.45, 2.75) is 20.5 Å². The number of amides is 1. The number of thiophene rings is 1. The Morgan fingerprint density at radius 1 is 1.04 bits per heavy atom. The summed E-state index contributed by atoms with van der Waals surface area (Å²) in [5.74, 6) is 0.585. The van der Waals surface area contributed by atoms with Crippen molar-refractivity contribution >= 4 is 46.1 Å². The van der Waals surface area contributed by atoms with Gasteiger partial charge in [0.05, 0.1) is 4.88 Å². The molecule has 1 N–H and O–H groups in total. The first kappa shape index (κ1) is 18.8. The van der Waals surface area contributed by atoms with Gasteiger partial charge in [-0.2, -0.15) is 0 Å². The van der Waals surface area contributed by atoms with Gasteiger partial charge in [0.1, 0.15) is 12.4 Å². The number of anilines is 1. The van der Waals surface area contributed by atoms with Gasteiger partial charge < -0.3 is 10.1 Å². The van der Waals surface area contributed by atoms with Crippen LogP contribution in [0.5, 0.6) is 5.75 Å². The van der Waals surface area contributed by atoms with Crippen molar-refractivity contribution in [1.29, 1.82) is 0 Å². The van der Waals surface area contributed by atoms with E-state index in [-0.39, 0.29) is 5.91 Å². The van der Waals surface area contributed by atoms with E-state index in [0.29, 0.717) is 27.2 Å². The Kier molecular flexibility index (Phi) is 5.87. The zero-order chi connectivity index (χ0) is 18.7. The highest BCUT2D eigenvalue weighted by Crippen LogP contribution is 2.24. The number of benzene rings is 2. The third kappa shape index (κ3) is 4.58. The lowest BCUT2D eigenvalue weighted by Gasteiger charge is -2.07. The Bertz CT molecular complexity index is 953. The summed E-state index contributed by atoms with van der Waals surface area (Å²) in [6, 6.07) is 12.8. The molecule has 3 rings (SSSR count). The Morgan fingerprint density at radius 3 is 2.58 bits per heavy atom. The van der Waals surface area contributed by atoms with E-state index in [4.69, 9.17) is 27.9 Å². The van der Waals surface area contributed by atoms with Crippen LogP contribution in [-0.2, 0) is 6.61 Å². The van der Waals surface area contributed by atoms with Crippen LogP contribution in [0.4, 0.5) is 5.69 Å². The maximum absolute atomic E-state index is 12.4. The molecule has 0 fully saturated rings. The molecule has 0 atom stereocenters. The average Bonchev–Trinajstić information content (AvgIpc) is 3.08. The molecule has 1 aromatic heterocycles. The van der Waals surface area contributed by atoms with Crippen LogP contribution in [0.25, 0.3) is 0 Å². The smallest absolute Gasteiger partial charge is 0.265 e. The minimum absolute atomic E-state index is 0.163. The van der Waals surface area contributed by atoms with Gasteiger partial charge >= 0.3 is 0 Å². The van der Waals surface area contributed by atoms with Crippen LogP contribution in [-0.4, -0.2) is 5.91 Å². The lowest BCUT2D eigenvalue weighted by molar-refractivity contribution is 0.103. The van der Waals surface area contributed by atoms with Gasteiger partial charge in [-0.25, -0.2) is 0 Å². The Balaban J connectivity index is 1.62. The summed E-state index contributed by atoms with van der Waals surface area (Å²) < 4.78 is 5.77. The van der Waals surface area contributed by atoms with Crippen LogP contribution in [0.1, 0.15) is 26.4 Å². The topological polar surface area (TPSA) is 38.3 Å². The first-order valence-electron chi connectivity index (χ1n) is 7.96. The number of aryl methyl sites for hydroxylation is 2. The molecule has 0 saturated carbocycles. The largest absolute Gasteiger partial charge is 0.489 e. The third-order valence-corrected chi connectivity index (χ3v) is 5.65. The van der Waals surface area contributed by atoms with Gasteiger partial charge in [-0.3, -0.25) is 4.79 Å². The van der Waals surface area contributed by atoms with E-state index in [9.17, 15) is 4.79 Å². The lowest BCUT2D eigenvalue weighted by Crippen LogP contribution is -2.10. The number of nitrogens with one attached hydrogen (secondary N) is 1. The lowest BCUT2D eigenvalue weighted by atomic mass is 10.2. The molecule has 0 spiro atoms. The SMILES string of the molecule is Cc1cc(OCc2csc(C(=O)Nc3ccc(C)c(Cl)c3)c2)ccc1Cl. The first-order chi connectivity index (χ1) is 12.4. The predicted molar refractivity (Wildman–Crippen MR) is 109 cm³/mol. The average molecular weight is 406 g/mol. The fourth-order valence-corrected chi connectivity index (χ4v) is 3.40. The number of hydrogen-bond acceptors (Lipinski definition) is 3. The second-order valence-electron chi connectivity index (χ2n) is 5.94. The zero-order valence-corrected chi connectivity index (χ0v) is 16.6. The van der Waals surface area contributed by atoms with E-state index in [1.807, 2.05) is 55.6 Å². The van der Waals surface area contributed by atoms with Gasteiger partial charge in [-0.15, -0.1) is 11.3 Å². The fourth-order valence-electron chi connectivity index (χ4n) is 2.31. The predicted octanol–water partition coefficient (Wildman–Crippen LogP) is 6.50. The van der Waals surface area contributed by atoms with Crippen LogP contribution >= 0.6 is 34.5 Å². The minimum Gasteiger partial charge on any atom is -0.489 e. The number of carbonyl (C=O) groups excluding carboxylic acids is 1. The van der Waals surface area contributed by atoms with Crippen molar-refractivity contribution < 1.29 is 9.53 Å². The van der Waals surface area contributed by atoms with E-state index in [2.05, 4.69) is 5.32 Å². The van der Waals surface area contributed by atoms with E-state index < -0.39 is 0 Å². The van der Waals surface area contributed by atoms with E-state index in [1.165, 1.54) is 11.3 Å². The molecule has 3 aromatic rings. The van der Waals surface area contributed by atoms with Crippen LogP contribution < -0.4 is 10.1 Å². The van der Waals surface area contributed by atoms with E-state index >= 15 is 0 Å². The standard InChI is InChI=1S/C20H17Cl2NO2S/c1-12-3-4-15(9-18(12)22)23-20(24)19-8-14(11-26-19)10-25-16-5-6-17(21)13(2)7-16/h3-9,11H,10H2,1-2H3,(H,23,24). The normalized spacial score (nSPS) is 10.6. The summed E-state index contributed by atoms with van der Waals surface area (Å²) in [6.07, 6.45) is 0. The van der Waals surface area contributed by atoms with Gasteiger partial charge in [-0.05, 0) is 66.8 Å². The molecule has 0 saturated heterocycles. The van der Waals surface area contributed by atoms with Crippen LogP contribution in [0.15, 0.2) is 47.8 Å². The molecule has 3 nitrogen and oxygen atoms in total. The second kappa shape index (κ2) is 8.12. The Morgan fingerprint density at radius 2 is 1.85 bits per heavy atom. The number of carbonyl (C=O) groups is 1. The molecule has 134 valence electrons. The molecule has 0 aliphatic rings. The highest BCUT2D eigenvalue weighted by molar-refractivity contribution is 7.12. The molecule has 0 aliphatic heterocycles. The molecule has 2 aromatic carbocycles. The molecule has 1 amide bonds. The zero-order valence-electron chi connectivity index (χ0n) is 14.3. The molecule has 0 radical (unpaired) electrons. The number of hydrogen-bond donors (Lipinski definition) is 1. The maximum atomic E-state index is 12.4. The summed E-state index contributed by atoms with van der Waals surface area (Å²) in [7, 11) is 0. The highest BCUT2D eigenvalue weighted by Gasteiger charge is 2.11. The number of ether oxygens (including phenoxy) is 1. The number of halogens is 2. The molecule has 26 heavy (non-hydrogen) atoms. The molecular formula is C20H17Cl2NO2S. The molecule has 0 unspecified atom stereocenters. The maximum Gasteiger partial charge on any atom is 0.265 e. The van der Waals surface area contributed by atoms with Gasteiger partial charge in [0, 0.05) is 21.3 Å². The van der Waals surface area contributed by atoms with Gasteiger partial charge in [-0.1, -0.05) is 29.3 Å². The summed E-state index contributed by atoms with van der Waals surface area (Å²) in [6.45, 7) is 4.24. The van der Waals surface area contributed by atoms with Gasteiger partial charge in [0.25, 0.3) is 5.91 Å². The van der Waals surface area contributed by atoms with Crippen LogP contribution in [0, 0.1) is 13.8 Å². The van der Waals surface area contributed by atoms with Crippen molar-refractivity contribution in [2.75, 3.05) is 5.32 Å². The van der Waals surface area contributed by atoms with Gasteiger partial charge in [0.2, 0.25) is 0 Å². The van der Waals surface area contributed by atoms with Crippen LogP contribution in [0.2, 0.25) is 10.0 Å². The van der Waals surface area contributed by atoms with Crippen molar-refractivity contribution in [3.05, 3.63) is 79.5 Å². The molecule has 6 heteroatoms. The quantitative estimate of drug-likeness (QED) is 0.525. The fraction of sp³-hybridized carbons (Fsp3) is 0.150. The number of rotatable bonds is 5. The molecular weight excluding hydrogens is 389 g/mol. The van der Waals surface area contributed by atoms with Crippen LogP contribution in [0.3, 0.4) is 0 Å². The Hall–Kier alpha value is -2.01. The van der Waals surface area contributed by atoms with Crippen molar-refractivity contribution in [3.8, 4) is 5.75 Å². The van der Waals surface area contributed by atoms with Crippen molar-refractivity contribution in [2.24, 2.45) is 0 Å². The molecule has 1 heterocycles.